The number of halogens is 1. The summed E-state index contributed by atoms with van der Waals surface area (Å²) in [6, 6.07) is 6.98. The molecule has 0 unspecified atom stereocenters. The van der Waals surface area contributed by atoms with Gasteiger partial charge in [0, 0.05) is 17.4 Å². The van der Waals surface area contributed by atoms with E-state index in [2.05, 4.69) is 16.5 Å². The van der Waals surface area contributed by atoms with Gasteiger partial charge >= 0.3 is 0 Å². The number of nitrogens with zero attached hydrogens (tertiary/aromatic N) is 3. The molecule has 0 aliphatic heterocycles. The Balaban J connectivity index is 2.12. The molecule has 2 N–H and O–H groups in total. The number of carbonyl (C=O) groups excluding carboxylic acids is 1. The van der Waals surface area contributed by atoms with Crippen LogP contribution in [-0.2, 0) is 11.3 Å². The number of rotatable bonds is 4. The third kappa shape index (κ3) is 3.89. The Bertz CT molecular complexity index is 770. The Morgan fingerprint density at radius 1 is 1.48 bits per heavy atom. The van der Waals surface area contributed by atoms with Crippen LogP contribution >= 0.6 is 11.6 Å². The third-order valence-electron chi connectivity index (χ3n) is 3.45. The van der Waals surface area contributed by atoms with Crippen molar-refractivity contribution in [2.45, 2.75) is 32.9 Å². The highest BCUT2D eigenvalue weighted by molar-refractivity contribution is 6.30. The van der Waals surface area contributed by atoms with Crippen LogP contribution in [0.2, 0.25) is 5.15 Å². The number of aliphatic hydroxyl groups is 1. The number of hydrogen-bond donors (Lipinski definition) is 2. The minimum absolute atomic E-state index is 0.0261. The number of nitriles is 1. The maximum absolute atomic E-state index is 12.3. The van der Waals surface area contributed by atoms with Gasteiger partial charge < -0.3 is 10.4 Å². The average molecular weight is 333 g/mol. The molecule has 2 rings (SSSR count). The molecule has 120 valence electrons. The molecule has 1 heterocycles. The van der Waals surface area contributed by atoms with Gasteiger partial charge in [-0.15, -0.1) is 0 Å². The fraction of sp³-hybridized carbons (Fsp3) is 0.312. The van der Waals surface area contributed by atoms with Crippen molar-refractivity contribution in [3.8, 4) is 6.07 Å². The molecule has 0 radical (unpaired) electrons. The standard InChI is InChI=1S/C16H17ClN4O2/c1-10-6-13(5-4-12(10)7-18)19-15(22)16(3,23)9-21-8-11(2)14(17)20-21/h4-6,8,23H,9H2,1-3H3,(H,19,22)/t16-/m0/s1. The lowest BCUT2D eigenvalue weighted by atomic mass is 10.1. The van der Waals surface area contributed by atoms with Crippen molar-refractivity contribution in [3.05, 3.63) is 46.2 Å². The topological polar surface area (TPSA) is 90.9 Å². The Labute approximate surface area is 139 Å². The Hall–Kier alpha value is -2.36. The molecule has 0 bridgehead atoms. The third-order valence-corrected chi connectivity index (χ3v) is 3.82. The lowest BCUT2D eigenvalue weighted by molar-refractivity contribution is -0.133. The van der Waals surface area contributed by atoms with Gasteiger partial charge in [-0.1, -0.05) is 11.6 Å². The van der Waals surface area contributed by atoms with E-state index < -0.39 is 11.5 Å². The van der Waals surface area contributed by atoms with Crippen LogP contribution in [0, 0.1) is 25.2 Å². The van der Waals surface area contributed by atoms with Crippen molar-refractivity contribution >= 4 is 23.2 Å². The van der Waals surface area contributed by atoms with E-state index in [-0.39, 0.29) is 6.54 Å². The maximum Gasteiger partial charge on any atom is 0.257 e. The lowest BCUT2D eigenvalue weighted by Crippen LogP contribution is -2.43. The highest BCUT2D eigenvalue weighted by atomic mass is 35.5. The first-order valence-electron chi connectivity index (χ1n) is 6.97. The van der Waals surface area contributed by atoms with E-state index in [0.717, 1.165) is 11.1 Å². The van der Waals surface area contributed by atoms with Crippen LogP contribution in [0.15, 0.2) is 24.4 Å². The molecule has 1 aromatic heterocycles. The van der Waals surface area contributed by atoms with Crippen molar-refractivity contribution in [2.75, 3.05) is 5.32 Å². The lowest BCUT2D eigenvalue weighted by Gasteiger charge is -2.22. The number of anilines is 1. The molecule has 2 aromatic rings. The van der Waals surface area contributed by atoms with Crippen LogP contribution in [0.5, 0.6) is 0 Å². The number of aromatic nitrogens is 2. The zero-order valence-corrected chi connectivity index (χ0v) is 13.8. The summed E-state index contributed by atoms with van der Waals surface area (Å²) in [7, 11) is 0. The van der Waals surface area contributed by atoms with Crippen LogP contribution in [0.3, 0.4) is 0 Å². The molecule has 0 aliphatic rings. The van der Waals surface area contributed by atoms with Gasteiger partial charge in [0.2, 0.25) is 0 Å². The predicted octanol–water partition coefficient (Wildman–Crippen LogP) is 2.41. The summed E-state index contributed by atoms with van der Waals surface area (Å²) < 4.78 is 1.43. The smallest absolute Gasteiger partial charge is 0.257 e. The van der Waals surface area contributed by atoms with E-state index in [1.807, 2.05) is 0 Å². The summed E-state index contributed by atoms with van der Waals surface area (Å²) in [5.74, 6) is -0.564. The molecule has 0 spiro atoms. The van der Waals surface area contributed by atoms with Crippen LogP contribution in [-0.4, -0.2) is 26.4 Å². The molecule has 0 aliphatic carbocycles. The van der Waals surface area contributed by atoms with Crippen molar-refractivity contribution in [3.63, 3.8) is 0 Å². The number of nitrogens with one attached hydrogen (secondary N) is 1. The number of carbonyl (C=O) groups is 1. The van der Waals surface area contributed by atoms with Crippen molar-refractivity contribution in [1.82, 2.24) is 9.78 Å². The van der Waals surface area contributed by atoms with Gasteiger partial charge in [0.1, 0.15) is 0 Å². The fourth-order valence-corrected chi connectivity index (χ4v) is 2.24. The number of aryl methyl sites for hydroxylation is 2. The van der Waals surface area contributed by atoms with E-state index in [4.69, 9.17) is 16.9 Å². The highest BCUT2D eigenvalue weighted by Crippen LogP contribution is 2.18. The first-order chi connectivity index (χ1) is 10.7. The Kier molecular flexibility index (Phi) is 4.73. The molecule has 7 heteroatoms. The molecular formula is C16H17ClN4O2. The second-order valence-corrected chi connectivity index (χ2v) is 6.03. The monoisotopic (exact) mass is 332 g/mol. The minimum Gasteiger partial charge on any atom is -0.378 e. The maximum atomic E-state index is 12.3. The van der Waals surface area contributed by atoms with Crippen molar-refractivity contribution < 1.29 is 9.90 Å². The van der Waals surface area contributed by atoms with Crippen molar-refractivity contribution in [2.24, 2.45) is 0 Å². The molecule has 23 heavy (non-hydrogen) atoms. The summed E-state index contributed by atoms with van der Waals surface area (Å²) >= 11 is 5.87. The van der Waals surface area contributed by atoms with Crippen molar-refractivity contribution in [1.29, 1.82) is 5.26 Å². The summed E-state index contributed by atoms with van der Waals surface area (Å²) in [6.07, 6.45) is 1.66. The minimum atomic E-state index is -1.66. The van der Waals surface area contributed by atoms with Crippen LogP contribution in [0.4, 0.5) is 5.69 Å². The van der Waals surface area contributed by atoms with Crippen LogP contribution < -0.4 is 5.32 Å². The molecule has 6 nitrogen and oxygen atoms in total. The van der Waals surface area contributed by atoms with E-state index >= 15 is 0 Å². The molecular weight excluding hydrogens is 316 g/mol. The second kappa shape index (κ2) is 6.41. The van der Waals surface area contributed by atoms with Gasteiger partial charge in [0.05, 0.1) is 18.2 Å². The van der Waals surface area contributed by atoms with Gasteiger partial charge in [-0.05, 0) is 44.5 Å². The molecule has 1 aromatic carbocycles. The molecule has 1 amide bonds. The summed E-state index contributed by atoms with van der Waals surface area (Å²) in [4.78, 5) is 12.3. The van der Waals surface area contributed by atoms with Crippen LogP contribution in [0.1, 0.15) is 23.6 Å². The van der Waals surface area contributed by atoms with E-state index in [0.29, 0.717) is 16.4 Å². The van der Waals surface area contributed by atoms with Gasteiger partial charge in [0.25, 0.3) is 5.91 Å². The molecule has 1 atom stereocenters. The molecule has 0 fully saturated rings. The van der Waals surface area contributed by atoms with Gasteiger partial charge in [0.15, 0.2) is 10.8 Å². The van der Waals surface area contributed by atoms with E-state index in [1.165, 1.54) is 11.6 Å². The largest absolute Gasteiger partial charge is 0.378 e. The fourth-order valence-electron chi connectivity index (χ4n) is 2.10. The first kappa shape index (κ1) is 17.0. The molecule has 0 saturated carbocycles. The number of benzene rings is 1. The van der Waals surface area contributed by atoms with Gasteiger partial charge in [-0.3, -0.25) is 9.48 Å². The van der Waals surface area contributed by atoms with Crippen LogP contribution in [0.25, 0.3) is 0 Å². The number of hydrogen-bond acceptors (Lipinski definition) is 4. The van der Waals surface area contributed by atoms with E-state index in [9.17, 15) is 9.90 Å². The summed E-state index contributed by atoms with van der Waals surface area (Å²) in [6.45, 7) is 4.95. The van der Waals surface area contributed by atoms with Gasteiger partial charge in [-0.2, -0.15) is 10.4 Å². The first-order valence-corrected chi connectivity index (χ1v) is 7.35. The van der Waals surface area contributed by atoms with E-state index in [1.54, 1.807) is 38.2 Å². The second-order valence-electron chi connectivity index (χ2n) is 5.67. The SMILES string of the molecule is Cc1cc(NC(=O)[C@@](C)(O)Cn2cc(C)c(Cl)n2)ccc1C#N. The zero-order valence-electron chi connectivity index (χ0n) is 13.1. The summed E-state index contributed by atoms with van der Waals surface area (Å²) in [5, 5.41) is 26.3. The Morgan fingerprint density at radius 3 is 2.70 bits per heavy atom. The molecule has 0 saturated heterocycles. The van der Waals surface area contributed by atoms with Gasteiger partial charge in [-0.25, -0.2) is 0 Å². The Morgan fingerprint density at radius 2 is 2.17 bits per heavy atom. The predicted molar refractivity (Wildman–Crippen MR) is 87.1 cm³/mol. The summed E-state index contributed by atoms with van der Waals surface area (Å²) in [5.41, 5.74) is 0.909. The average Bonchev–Trinajstić information content (AvgIpc) is 2.76. The quantitative estimate of drug-likeness (QED) is 0.899. The number of amides is 1. The highest BCUT2D eigenvalue weighted by Gasteiger charge is 2.31. The zero-order chi connectivity index (χ0) is 17.2. The normalized spacial score (nSPS) is 13.2.